The second-order valence-electron chi connectivity index (χ2n) is 5.89. The SMILES string of the molecule is COC(=O)NC(=O)[C@H](C)OC(=O)/C=C/c1cc(C)n(Cc2ccco2)c1C. The number of nitrogens with one attached hydrogen (secondary N) is 1. The molecule has 2 aromatic heterocycles. The fourth-order valence-electron chi connectivity index (χ4n) is 2.48. The van der Waals surface area contributed by atoms with Gasteiger partial charge in [-0.1, -0.05) is 0 Å². The van der Waals surface area contributed by atoms with Gasteiger partial charge in [-0.2, -0.15) is 0 Å². The van der Waals surface area contributed by atoms with Crippen LogP contribution in [0.15, 0.2) is 35.0 Å². The number of hydrogen-bond donors (Lipinski definition) is 1. The number of aromatic nitrogens is 1. The first-order valence-electron chi connectivity index (χ1n) is 8.28. The third-order valence-corrected chi connectivity index (χ3v) is 3.98. The first-order chi connectivity index (χ1) is 12.8. The molecule has 2 rings (SSSR count). The Kier molecular flexibility index (Phi) is 6.59. The number of alkyl carbamates (subject to hydrolysis) is 1. The van der Waals surface area contributed by atoms with Crippen LogP contribution < -0.4 is 5.32 Å². The Labute approximate surface area is 156 Å². The van der Waals surface area contributed by atoms with Crippen LogP contribution in [0.4, 0.5) is 4.79 Å². The number of esters is 1. The van der Waals surface area contributed by atoms with Crippen molar-refractivity contribution in [1.29, 1.82) is 0 Å². The van der Waals surface area contributed by atoms with E-state index in [1.54, 1.807) is 12.3 Å². The van der Waals surface area contributed by atoms with E-state index in [4.69, 9.17) is 9.15 Å². The lowest BCUT2D eigenvalue weighted by atomic mass is 10.2. The van der Waals surface area contributed by atoms with Gasteiger partial charge in [0, 0.05) is 17.5 Å². The zero-order chi connectivity index (χ0) is 20.0. The summed E-state index contributed by atoms with van der Waals surface area (Å²) in [7, 11) is 1.13. The standard InChI is InChI=1S/C19H22N2O6/c1-12-10-15(13(2)21(12)11-16-6-5-9-26-16)7-8-17(22)27-14(3)18(23)20-19(24)25-4/h5-10,14H,11H2,1-4H3,(H,20,23,24)/b8-7+/t14-/m0/s1. The van der Waals surface area contributed by atoms with Gasteiger partial charge in [0.15, 0.2) is 6.10 Å². The van der Waals surface area contributed by atoms with E-state index in [9.17, 15) is 14.4 Å². The molecule has 2 heterocycles. The first-order valence-corrected chi connectivity index (χ1v) is 8.28. The lowest BCUT2D eigenvalue weighted by Gasteiger charge is -2.10. The number of imide groups is 1. The summed E-state index contributed by atoms with van der Waals surface area (Å²) in [5.41, 5.74) is 2.83. The van der Waals surface area contributed by atoms with E-state index in [2.05, 4.69) is 9.30 Å². The van der Waals surface area contributed by atoms with Crippen LogP contribution in [0, 0.1) is 13.8 Å². The molecular weight excluding hydrogens is 352 g/mol. The molecule has 2 aromatic rings. The second kappa shape index (κ2) is 8.88. The fourth-order valence-corrected chi connectivity index (χ4v) is 2.48. The molecule has 1 atom stereocenters. The van der Waals surface area contributed by atoms with E-state index in [1.807, 2.05) is 37.4 Å². The minimum atomic E-state index is -1.13. The van der Waals surface area contributed by atoms with Crippen LogP contribution in [-0.4, -0.2) is 35.8 Å². The fraction of sp³-hybridized carbons (Fsp3) is 0.316. The molecule has 0 spiro atoms. The smallest absolute Gasteiger partial charge is 0.413 e. The van der Waals surface area contributed by atoms with Crippen molar-refractivity contribution >= 4 is 24.0 Å². The number of nitrogens with zero attached hydrogens (tertiary/aromatic N) is 1. The molecular formula is C19H22N2O6. The van der Waals surface area contributed by atoms with Gasteiger partial charge in [-0.15, -0.1) is 0 Å². The number of amides is 2. The Morgan fingerprint density at radius 1 is 1.33 bits per heavy atom. The maximum absolute atomic E-state index is 11.9. The quantitative estimate of drug-likeness (QED) is 0.616. The number of aryl methyl sites for hydroxylation is 1. The Balaban J connectivity index is 2.00. The van der Waals surface area contributed by atoms with E-state index in [-0.39, 0.29) is 0 Å². The zero-order valence-corrected chi connectivity index (χ0v) is 15.6. The molecule has 27 heavy (non-hydrogen) atoms. The minimum absolute atomic E-state index is 0.591. The largest absolute Gasteiger partial charge is 0.467 e. The van der Waals surface area contributed by atoms with Gasteiger partial charge in [-0.25, -0.2) is 9.59 Å². The van der Waals surface area contributed by atoms with Crippen molar-refractivity contribution in [3.63, 3.8) is 0 Å². The zero-order valence-electron chi connectivity index (χ0n) is 15.6. The van der Waals surface area contributed by atoms with E-state index in [0.29, 0.717) is 6.54 Å². The molecule has 0 saturated heterocycles. The van der Waals surface area contributed by atoms with Crippen molar-refractivity contribution < 1.29 is 28.3 Å². The monoisotopic (exact) mass is 374 g/mol. The molecule has 2 amide bonds. The predicted octanol–water partition coefficient (Wildman–Crippen LogP) is 2.57. The van der Waals surface area contributed by atoms with E-state index in [0.717, 1.165) is 29.8 Å². The Morgan fingerprint density at radius 2 is 2.07 bits per heavy atom. The van der Waals surface area contributed by atoms with Gasteiger partial charge in [-0.3, -0.25) is 10.1 Å². The molecule has 0 aliphatic heterocycles. The summed E-state index contributed by atoms with van der Waals surface area (Å²) in [5, 5.41) is 1.94. The van der Waals surface area contributed by atoms with Crippen LogP contribution >= 0.6 is 0 Å². The molecule has 0 fully saturated rings. The molecule has 8 nitrogen and oxygen atoms in total. The Bertz CT molecular complexity index is 848. The molecule has 0 bridgehead atoms. The molecule has 0 aromatic carbocycles. The maximum Gasteiger partial charge on any atom is 0.413 e. The molecule has 0 radical (unpaired) electrons. The normalized spacial score (nSPS) is 12.0. The summed E-state index contributed by atoms with van der Waals surface area (Å²) in [6.45, 7) is 5.85. The van der Waals surface area contributed by atoms with Gasteiger partial charge >= 0.3 is 12.1 Å². The maximum atomic E-state index is 11.9. The van der Waals surface area contributed by atoms with Gasteiger partial charge < -0.3 is 18.5 Å². The molecule has 1 N–H and O–H groups in total. The molecule has 144 valence electrons. The van der Waals surface area contributed by atoms with E-state index < -0.39 is 24.1 Å². The highest BCUT2D eigenvalue weighted by Gasteiger charge is 2.19. The summed E-state index contributed by atoms with van der Waals surface area (Å²) in [4.78, 5) is 34.6. The second-order valence-corrected chi connectivity index (χ2v) is 5.89. The Morgan fingerprint density at radius 3 is 2.70 bits per heavy atom. The van der Waals surface area contributed by atoms with Gasteiger partial charge in [0.05, 0.1) is 19.9 Å². The molecule has 0 saturated carbocycles. The first kappa shape index (κ1) is 20.0. The summed E-state index contributed by atoms with van der Waals surface area (Å²) in [5.74, 6) is -0.629. The van der Waals surface area contributed by atoms with E-state index >= 15 is 0 Å². The molecule has 8 heteroatoms. The van der Waals surface area contributed by atoms with Crippen LogP contribution in [0.2, 0.25) is 0 Å². The summed E-state index contributed by atoms with van der Waals surface area (Å²) in [6.07, 6.45) is 2.43. The number of ether oxygens (including phenoxy) is 2. The van der Waals surface area contributed by atoms with Gasteiger partial charge in [0.1, 0.15) is 5.76 Å². The lowest BCUT2D eigenvalue weighted by molar-refractivity contribution is -0.149. The Hall–Kier alpha value is -3.29. The average molecular weight is 374 g/mol. The van der Waals surface area contributed by atoms with Gasteiger partial charge in [0.25, 0.3) is 5.91 Å². The number of carbonyl (C=O) groups excluding carboxylic acids is 3. The van der Waals surface area contributed by atoms with Crippen molar-refractivity contribution in [3.8, 4) is 0 Å². The third kappa shape index (κ3) is 5.34. The number of rotatable bonds is 6. The van der Waals surface area contributed by atoms with Crippen molar-refractivity contribution in [2.24, 2.45) is 0 Å². The number of hydrogen-bond acceptors (Lipinski definition) is 6. The average Bonchev–Trinajstić information content (AvgIpc) is 3.23. The number of carbonyl (C=O) groups is 3. The van der Waals surface area contributed by atoms with Crippen molar-refractivity contribution in [3.05, 3.63) is 53.2 Å². The molecule has 0 unspecified atom stereocenters. The highest BCUT2D eigenvalue weighted by atomic mass is 16.6. The van der Waals surface area contributed by atoms with Crippen LogP contribution in [0.25, 0.3) is 6.08 Å². The van der Waals surface area contributed by atoms with Crippen LogP contribution in [0.1, 0.15) is 29.6 Å². The highest BCUT2D eigenvalue weighted by molar-refractivity contribution is 5.96. The van der Waals surface area contributed by atoms with Crippen LogP contribution in [-0.2, 0) is 25.6 Å². The number of furan rings is 1. The summed E-state index contributed by atoms with van der Waals surface area (Å²) >= 11 is 0. The molecule has 0 aliphatic carbocycles. The topological polar surface area (TPSA) is 99.8 Å². The van der Waals surface area contributed by atoms with Crippen molar-refractivity contribution in [2.75, 3.05) is 7.11 Å². The highest BCUT2D eigenvalue weighted by Crippen LogP contribution is 2.18. The van der Waals surface area contributed by atoms with Crippen molar-refractivity contribution in [1.82, 2.24) is 9.88 Å². The molecule has 0 aliphatic rings. The number of methoxy groups -OCH3 is 1. The van der Waals surface area contributed by atoms with Gasteiger partial charge in [0.2, 0.25) is 0 Å². The lowest BCUT2D eigenvalue weighted by Crippen LogP contribution is -2.39. The van der Waals surface area contributed by atoms with Crippen LogP contribution in [0.5, 0.6) is 0 Å². The minimum Gasteiger partial charge on any atom is -0.467 e. The summed E-state index contributed by atoms with van der Waals surface area (Å²) < 4.78 is 16.7. The van der Waals surface area contributed by atoms with E-state index in [1.165, 1.54) is 13.0 Å². The van der Waals surface area contributed by atoms with Gasteiger partial charge in [-0.05, 0) is 50.6 Å². The predicted molar refractivity (Wildman–Crippen MR) is 96.9 cm³/mol. The van der Waals surface area contributed by atoms with Crippen molar-refractivity contribution in [2.45, 2.75) is 33.4 Å². The summed E-state index contributed by atoms with van der Waals surface area (Å²) in [6, 6.07) is 5.67. The third-order valence-electron chi connectivity index (χ3n) is 3.98. The van der Waals surface area contributed by atoms with Crippen LogP contribution in [0.3, 0.4) is 0 Å².